The molecule has 1 aromatic heterocycles. The molecule has 2 aromatic carbocycles. The second-order valence-electron chi connectivity index (χ2n) is 6.77. The maximum atomic E-state index is 12.6. The summed E-state index contributed by atoms with van der Waals surface area (Å²) in [4.78, 5) is 8.81. The number of aromatic nitrogens is 2. The van der Waals surface area contributed by atoms with Gasteiger partial charge in [0, 0.05) is 17.9 Å². The molecule has 0 saturated carbocycles. The molecule has 0 radical (unpaired) electrons. The molecule has 0 amide bonds. The van der Waals surface area contributed by atoms with Gasteiger partial charge in [-0.2, -0.15) is 0 Å². The van der Waals surface area contributed by atoms with Crippen LogP contribution in [0, 0.1) is 0 Å². The van der Waals surface area contributed by atoms with Crippen molar-refractivity contribution in [3.8, 4) is 0 Å². The van der Waals surface area contributed by atoms with Crippen LogP contribution in [0.15, 0.2) is 71.9 Å². The summed E-state index contributed by atoms with van der Waals surface area (Å²) in [6, 6.07) is 20.1. The SMILES string of the molecule is C[C@H](CO)Nc1cc(NS(=O)(=O)Cc2ccccc2)nc(SCc2ccccc2)n1. The van der Waals surface area contributed by atoms with Gasteiger partial charge in [0.05, 0.1) is 12.4 Å². The first-order chi connectivity index (χ1) is 14.4. The Kier molecular flexibility index (Phi) is 7.67. The summed E-state index contributed by atoms with van der Waals surface area (Å²) in [6.45, 7) is 1.73. The number of benzene rings is 2. The van der Waals surface area contributed by atoms with Crippen molar-refractivity contribution < 1.29 is 13.5 Å². The molecular formula is C21H24N4O3S2. The minimum Gasteiger partial charge on any atom is -0.394 e. The van der Waals surface area contributed by atoms with E-state index in [9.17, 15) is 13.5 Å². The van der Waals surface area contributed by atoms with Crippen molar-refractivity contribution in [3.63, 3.8) is 0 Å². The van der Waals surface area contributed by atoms with E-state index in [4.69, 9.17) is 0 Å². The zero-order valence-corrected chi connectivity index (χ0v) is 18.2. The van der Waals surface area contributed by atoms with E-state index in [0.29, 0.717) is 22.3 Å². The second kappa shape index (κ2) is 10.4. The number of rotatable bonds is 10. The number of thioether (sulfide) groups is 1. The highest BCUT2D eigenvalue weighted by molar-refractivity contribution is 7.98. The van der Waals surface area contributed by atoms with Crippen molar-refractivity contribution in [2.24, 2.45) is 0 Å². The summed E-state index contributed by atoms with van der Waals surface area (Å²) in [5.74, 6) is 1.12. The zero-order valence-electron chi connectivity index (χ0n) is 16.5. The number of aliphatic hydroxyl groups excluding tert-OH is 1. The Morgan fingerprint density at radius 1 is 0.967 bits per heavy atom. The fourth-order valence-corrected chi connectivity index (χ4v) is 4.57. The van der Waals surface area contributed by atoms with Gasteiger partial charge in [0.25, 0.3) is 0 Å². The first-order valence-corrected chi connectivity index (χ1v) is 12.0. The molecule has 158 valence electrons. The molecule has 7 nitrogen and oxygen atoms in total. The van der Waals surface area contributed by atoms with E-state index in [1.54, 1.807) is 31.2 Å². The van der Waals surface area contributed by atoms with Crippen LogP contribution in [-0.2, 0) is 21.5 Å². The number of sulfonamides is 1. The lowest BCUT2D eigenvalue weighted by Crippen LogP contribution is -2.21. The molecule has 0 aliphatic rings. The molecular weight excluding hydrogens is 420 g/mol. The number of nitrogens with one attached hydrogen (secondary N) is 2. The lowest BCUT2D eigenvalue weighted by molar-refractivity contribution is 0.281. The highest BCUT2D eigenvalue weighted by Gasteiger charge is 2.15. The summed E-state index contributed by atoms with van der Waals surface area (Å²) in [6.07, 6.45) is 0. The first kappa shape index (κ1) is 22.1. The van der Waals surface area contributed by atoms with Gasteiger partial charge >= 0.3 is 0 Å². The van der Waals surface area contributed by atoms with Gasteiger partial charge in [0.1, 0.15) is 11.6 Å². The van der Waals surface area contributed by atoms with Crippen LogP contribution in [0.25, 0.3) is 0 Å². The minimum atomic E-state index is -3.65. The number of aliphatic hydroxyl groups is 1. The van der Waals surface area contributed by atoms with E-state index in [2.05, 4.69) is 20.0 Å². The fourth-order valence-electron chi connectivity index (χ4n) is 2.63. The van der Waals surface area contributed by atoms with Crippen molar-refractivity contribution in [2.75, 3.05) is 16.6 Å². The smallest absolute Gasteiger partial charge is 0.238 e. The molecule has 0 spiro atoms. The molecule has 30 heavy (non-hydrogen) atoms. The average molecular weight is 445 g/mol. The zero-order chi connectivity index (χ0) is 21.4. The summed E-state index contributed by atoms with van der Waals surface area (Å²) in [7, 11) is -3.65. The van der Waals surface area contributed by atoms with Gasteiger partial charge in [-0.3, -0.25) is 4.72 Å². The average Bonchev–Trinajstić information content (AvgIpc) is 2.73. The number of hydrogen-bond donors (Lipinski definition) is 3. The third-order valence-electron chi connectivity index (χ3n) is 4.04. The highest BCUT2D eigenvalue weighted by atomic mass is 32.2. The monoisotopic (exact) mass is 444 g/mol. The summed E-state index contributed by atoms with van der Waals surface area (Å²) in [5, 5.41) is 12.8. The second-order valence-corrected chi connectivity index (χ2v) is 9.43. The van der Waals surface area contributed by atoms with Gasteiger partial charge < -0.3 is 10.4 Å². The molecule has 0 aliphatic carbocycles. The van der Waals surface area contributed by atoms with Gasteiger partial charge in [-0.05, 0) is 18.1 Å². The van der Waals surface area contributed by atoms with Gasteiger partial charge in [-0.1, -0.05) is 72.4 Å². The highest BCUT2D eigenvalue weighted by Crippen LogP contribution is 2.24. The Balaban J connectivity index is 1.79. The minimum absolute atomic E-state index is 0.0778. The molecule has 0 saturated heterocycles. The molecule has 0 fully saturated rings. The summed E-state index contributed by atoms with van der Waals surface area (Å²) in [5.41, 5.74) is 1.80. The lowest BCUT2D eigenvalue weighted by atomic mass is 10.2. The Labute approximate surface area is 181 Å². The largest absolute Gasteiger partial charge is 0.394 e. The van der Waals surface area contributed by atoms with Crippen LogP contribution in [0.5, 0.6) is 0 Å². The molecule has 0 aliphatic heterocycles. The molecule has 0 bridgehead atoms. The molecule has 9 heteroatoms. The molecule has 3 rings (SSSR count). The van der Waals surface area contributed by atoms with E-state index < -0.39 is 10.0 Å². The lowest BCUT2D eigenvalue weighted by Gasteiger charge is -2.14. The van der Waals surface area contributed by atoms with Crippen LogP contribution in [0.1, 0.15) is 18.1 Å². The predicted molar refractivity (Wildman–Crippen MR) is 121 cm³/mol. The van der Waals surface area contributed by atoms with Crippen LogP contribution in [0.4, 0.5) is 11.6 Å². The van der Waals surface area contributed by atoms with Crippen LogP contribution in [0.3, 0.4) is 0 Å². The molecule has 1 atom stereocenters. The molecule has 3 aromatic rings. The third-order valence-corrected chi connectivity index (χ3v) is 6.20. The Morgan fingerprint density at radius 3 is 2.20 bits per heavy atom. The van der Waals surface area contributed by atoms with E-state index >= 15 is 0 Å². The van der Waals surface area contributed by atoms with E-state index in [1.807, 2.05) is 36.4 Å². The molecule has 0 unspecified atom stereocenters. The van der Waals surface area contributed by atoms with Gasteiger partial charge in [0.15, 0.2) is 5.16 Å². The van der Waals surface area contributed by atoms with Gasteiger partial charge in [-0.15, -0.1) is 0 Å². The van der Waals surface area contributed by atoms with Crippen molar-refractivity contribution in [2.45, 2.75) is 29.6 Å². The number of nitrogens with zero attached hydrogens (tertiary/aromatic N) is 2. The van der Waals surface area contributed by atoms with Gasteiger partial charge in [0.2, 0.25) is 10.0 Å². The number of anilines is 2. The first-order valence-electron chi connectivity index (χ1n) is 9.41. The normalized spacial score (nSPS) is 12.3. The summed E-state index contributed by atoms with van der Waals surface area (Å²) >= 11 is 1.41. The Hall–Kier alpha value is -2.62. The van der Waals surface area contributed by atoms with Crippen molar-refractivity contribution in [1.82, 2.24) is 9.97 Å². The Bertz CT molecular complexity index is 1050. The maximum Gasteiger partial charge on any atom is 0.238 e. The van der Waals surface area contributed by atoms with Crippen molar-refractivity contribution in [1.29, 1.82) is 0 Å². The standard InChI is InChI=1S/C21H24N4O3S2/c1-16(13-26)22-19-12-20(25-30(27,28)15-18-10-6-3-7-11-18)24-21(23-19)29-14-17-8-4-2-5-9-17/h2-12,16,26H,13-15H2,1H3,(H2,22,23,24,25)/t16-/m1/s1. The third kappa shape index (κ3) is 7.01. The topological polar surface area (TPSA) is 104 Å². The molecule has 1 heterocycles. The van der Waals surface area contributed by atoms with Crippen LogP contribution >= 0.6 is 11.8 Å². The van der Waals surface area contributed by atoms with Gasteiger partial charge in [-0.25, -0.2) is 18.4 Å². The van der Waals surface area contributed by atoms with Crippen molar-refractivity contribution in [3.05, 3.63) is 77.9 Å². The van der Waals surface area contributed by atoms with Crippen molar-refractivity contribution >= 4 is 33.4 Å². The fraction of sp³-hybridized carbons (Fsp3) is 0.238. The van der Waals surface area contributed by atoms with E-state index in [0.717, 1.165) is 5.56 Å². The van der Waals surface area contributed by atoms with Crippen LogP contribution < -0.4 is 10.0 Å². The molecule has 3 N–H and O–H groups in total. The van der Waals surface area contributed by atoms with E-state index in [-0.39, 0.29) is 24.2 Å². The summed E-state index contributed by atoms with van der Waals surface area (Å²) < 4.78 is 27.8. The predicted octanol–water partition coefficient (Wildman–Crippen LogP) is 3.50. The number of hydrogen-bond acceptors (Lipinski definition) is 7. The van der Waals surface area contributed by atoms with Crippen LogP contribution in [-0.4, -0.2) is 36.1 Å². The quantitative estimate of drug-likeness (QED) is 0.325. The maximum absolute atomic E-state index is 12.6. The van der Waals surface area contributed by atoms with Crippen LogP contribution in [0.2, 0.25) is 0 Å². The van der Waals surface area contributed by atoms with E-state index in [1.165, 1.54) is 17.8 Å². The Morgan fingerprint density at radius 2 is 1.57 bits per heavy atom.